The quantitative estimate of drug-likeness (QED) is 0.286. The summed E-state index contributed by atoms with van der Waals surface area (Å²) in [6.07, 6.45) is 8.84. The number of phenolic OH excluding ortho intramolecular Hbond substituents is 2. The standard InChI is InChI=1S/C32H48N2O6/c1-20(18-23-15-16-31(2,3)32(23,4)5)40-30(39)24-12-9-17-34(24)29(38)27(21-10-7-6-8-11-21)33-28(37)22-13-14-25(35)26(36)19-22/h13-14,19-21,23-24,27,35-36H,6-12,15-18H2,1-5H3,(H,33,37). The summed E-state index contributed by atoms with van der Waals surface area (Å²) in [5, 5.41) is 22.4. The number of nitrogens with zero attached hydrogens (tertiary/aromatic N) is 1. The zero-order valence-electron chi connectivity index (χ0n) is 24.9. The highest BCUT2D eigenvalue weighted by Gasteiger charge is 2.49. The average Bonchev–Trinajstić information content (AvgIpc) is 3.48. The zero-order valence-corrected chi connectivity index (χ0v) is 24.9. The van der Waals surface area contributed by atoms with Crippen LogP contribution in [0.4, 0.5) is 0 Å². The molecule has 8 nitrogen and oxygen atoms in total. The van der Waals surface area contributed by atoms with Gasteiger partial charge in [-0.05, 0) is 92.7 Å². The molecular weight excluding hydrogens is 508 g/mol. The van der Waals surface area contributed by atoms with Gasteiger partial charge in [0.05, 0.1) is 6.10 Å². The lowest BCUT2D eigenvalue weighted by Crippen LogP contribution is -2.55. The first-order valence-electron chi connectivity index (χ1n) is 15.2. The summed E-state index contributed by atoms with van der Waals surface area (Å²) in [4.78, 5) is 42.1. The first kappa shape index (κ1) is 30.2. The molecule has 3 N–H and O–H groups in total. The van der Waals surface area contributed by atoms with Crippen molar-refractivity contribution in [1.29, 1.82) is 0 Å². The van der Waals surface area contributed by atoms with E-state index in [0.717, 1.165) is 51.4 Å². The first-order chi connectivity index (χ1) is 18.8. The zero-order chi connectivity index (χ0) is 29.2. The van der Waals surface area contributed by atoms with E-state index in [1.807, 2.05) is 6.92 Å². The van der Waals surface area contributed by atoms with E-state index in [1.165, 1.54) is 18.2 Å². The highest BCUT2D eigenvalue weighted by Crippen LogP contribution is 2.57. The number of esters is 1. The molecule has 40 heavy (non-hydrogen) atoms. The molecule has 0 spiro atoms. The van der Waals surface area contributed by atoms with Gasteiger partial charge in [0.1, 0.15) is 12.1 Å². The predicted molar refractivity (Wildman–Crippen MR) is 153 cm³/mol. The van der Waals surface area contributed by atoms with Crippen LogP contribution in [0.3, 0.4) is 0 Å². The fourth-order valence-corrected chi connectivity index (χ4v) is 7.10. The molecule has 4 atom stereocenters. The van der Waals surface area contributed by atoms with Crippen LogP contribution in [0, 0.1) is 22.7 Å². The number of rotatable bonds is 8. The molecule has 0 aromatic heterocycles. The van der Waals surface area contributed by atoms with Crippen molar-refractivity contribution in [2.24, 2.45) is 22.7 Å². The van der Waals surface area contributed by atoms with Gasteiger partial charge in [0.2, 0.25) is 5.91 Å². The van der Waals surface area contributed by atoms with Crippen molar-refractivity contribution >= 4 is 17.8 Å². The second-order valence-electron chi connectivity index (χ2n) is 13.6. The highest BCUT2D eigenvalue weighted by atomic mass is 16.5. The lowest BCUT2D eigenvalue weighted by atomic mass is 9.66. The minimum absolute atomic E-state index is 0.0277. The Morgan fingerprint density at radius 1 is 1.00 bits per heavy atom. The number of nitrogens with one attached hydrogen (secondary N) is 1. The van der Waals surface area contributed by atoms with Crippen molar-refractivity contribution in [3.05, 3.63) is 23.8 Å². The van der Waals surface area contributed by atoms with E-state index in [-0.39, 0.29) is 46.0 Å². The number of carbonyl (C=O) groups excluding carboxylic acids is 3. The smallest absolute Gasteiger partial charge is 0.329 e. The third-order valence-electron chi connectivity index (χ3n) is 10.5. The molecule has 0 bridgehead atoms. The molecule has 1 heterocycles. The monoisotopic (exact) mass is 556 g/mol. The number of aromatic hydroxyl groups is 2. The molecule has 222 valence electrons. The van der Waals surface area contributed by atoms with E-state index < -0.39 is 23.7 Å². The second kappa shape index (κ2) is 12.0. The van der Waals surface area contributed by atoms with Crippen LogP contribution in [0.5, 0.6) is 11.5 Å². The lowest BCUT2D eigenvalue weighted by molar-refractivity contribution is -0.159. The third-order valence-corrected chi connectivity index (χ3v) is 10.5. The van der Waals surface area contributed by atoms with Crippen LogP contribution in [0.15, 0.2) is 18.2 Å². The van der Waals surface area contributed by atoms with E-state index >= 15 is 0 Å². The number of phenols is 2. The minimum Gasteiger partial charge on any atom is -0.504 e. The van der Waals surface area contributed by atoms with Crippen molar-refractivity contribution in [2.75, 3.05) is 6.54 Å². The minimum atomic E-state index is -0.768. The summed E-state index contributed by atoms with van der Waals surface area (Å²) in [6, 6.07) is 2.44. The number of hydrogen-bond acceptors (Lipinski definition) is 6. The number of benzene rings is 1. The first-order valence-corrected chi connectivity index (χ1v) is 15.2. The Bertz CT molecular complexity index is 1090. The molecule has 2 aliphatic carbocycles. The second-order valence-corrected chi connectivity index (χ2v) is 13.6. The number of hydrogen-bond donors (Lipinski definition) is 3. The van der Waals surface area contributed by atoms with E-state index in [9.17, 15) is 24.6 Å². The maximum atomic E-state index is 14.0. The third kappa shape index (κ3) is 6.26. The van der Waals surface area contributed by atoms with E-state index in [0.29, 0.717) is 25.3 Å². The normalized spacial score (nSPS) is 25.8. The molecule has 1 saturated heterocycles. The molecule has 2 saturated carbocycles. The summed E-state index contributed by atoms with van der Waals surface area (Å²) in [5.41, 5.74) is 0.559. The lowest BCUT2D eigenvalue weighted by Gasteiger charge is -2.40. The maximum absolute atomic E-state index is 14.0. The average molecular weight is 557 g/mol. The number of carbonyl (C=O) groups is 3. The summed E-state index contributed by atoms with van der Waals surface area (Å²) in [5.74, 6) is -1.36. The summed E-state index contributed by atoms with van der Waals surface area (Å²) >= 11 is 0. The highest BCUT2D eigenvalue weighted by molar-refractivity contribution is 5.98. The van der Waals surface area contributed by atoms with E-state index in [2.05, 4.69) is 33.0 Å². The summed E-state index contributed by atoms with van der Waals surface area (Å²) in [6.45, 7) is 11.7. The van der Waals surface area contributed by atoms with Gasteiger partial charge in [0.25, 0.3) is 5.91 Å². The van der Waals surface area contributed by atoms with Crippen LogP contribution in [0.1, 0.15) is 109 Å². The molecule has 0 radical (unpaired) electrons. The van der Waals surface area contributed by atoms with Crippen molar-refractivity contribution in [2.45, 2.75) is 117 Å². The Labute approximate surface area is 238 Å². The topological polar surface area (TPSA) is 116 Å². The van der Waals surface area contributed by atoms with Gasteiger partial charge in [-0.2, -0.15) is 0 Å². The number of ether oxygens (including phenoxy) is 1. The van der Waals surface area contributed by atoms with Crippen LogP contribution >= 0.6 is 0 Å². The fourth-order valence-electron chi connectivity index (χ4n) is 7.10. The molecule has 3 aliphatic rings. The molecule has 3 fully saturated rings. The number of likely N-dealkylation sites (tertiary alicyclic amines) is 1. The van der Waals surface area contributed by atoms with Crippen LogP contribution in [-0.4, -0.2) is 57.6 Å². The predicted octanol–water partition coefficient (Wildman–Crippen LogP) is 5.55. The molecule has 8 heteroatoms. The molecule has 1 aliphatic heterocycles. The van der Waals surface area contributed by atoms with Gasteiger partial charge < -0.3 is 25.2 Å². The van der Waals surface area contributed by atoms with Crippen LogP contribution in [-0.2, 0) is 14.3 Å². The molecule has 2 amide bonds. The summed E-state index contributed by atoms with van der Waals surface area (Å²) < 4.78 is 5.97. The van der Waals surface area contributed by atoms with E-state index in [1.54, 1.807) is 4.90 Å². The molecule has 1 aromatic carbocycles. The molecular formula is C32H48N2O6. The Kier molecular flexibility index (Phi) is 9.05. The van der Waals surface area contributed by atoms with Crippen LogP contribution in [0.25, 0.3) is 0 Å². The maximum Gasteiger partial charge on any atom is 0.329 e. The van der Waals surface area contributed by atoms with Gasteiger partial charge >= 0.3 is 5.97 Å². The molecule has 1 aromatic rings. The van der Waals surface area contributed by atoms with Crippen molar-refractivity contribution < 1.29 is 29.3 Å². The van der Waals surface area contributed by atoms with Gasteiger partial charge in [-0.3, -0.25) is 9.59 Å². The Morgan fingerprint density at radius 2 is 1.70 bits per heavy atom. The molecule has 4 rings (SSSR count). The SMILES string of the molecule is CC(CC1CCC(C)(C)C1(C)C)OC(=O)C1CCCN1C(=O)C(NC(=O)c1ccc(O)c(O)c1)C1CCCCC1. The van der Waals surface area contributed by atoms with Gasteiger partial charge in [0, 0.05) is 12.1 Å². The van der Waals surface area contributed by atoms with Crippen molar-refractivity contribution in [3.8, 4) is 11.5 Å². The Morgan fingerprint density at radius 3 is 2.33 bits per heavy atom. The van der Waals surface area contributed by atoms with Crippen molar-refractivity contribution in [1.82, 2.24) is 10.2 Å². The fraction of sp³-hybridized carbons (Fsp3) is 0.719. The van der Waals surface area contributed by atoms with Gasteiger partial charge in [-0.1, -0.05) is 47.0 Å². The van der Waals surface area contributed by atoms with Gasteiger partial charge in [-0.25, -0.2) is 4.79 Å². The molecule has 4 unspecified atom stereocenters. The Hall–Kier alpha value is -2.77. The van der Waals surface area contributed by atoms with Crippen LogP contribution in [0.2, 0.25) is 0 Å². The Balaban J connectivity index is 1.44. The number of amides is 2. The van der Waals surface area contributed by atoms with E-state index in [4.69, 9.17) is 4.74 Å². The van der Waals surface area contributed by atoms with Crippen LogP contribution < -0.4 is 5.32 Å². The summed E-state index contributed by atoms with van der Waals surface area (Å²) in [7, 11) is 0. The van der Waals surface area contributed by atoms with Crippen molar-refractivity contribution in [3.63, 3.8) is 0 Å². The van der Waals surface area contributed by atoms with Gasteiger partial charge in [0.15, 0.2) is 11.5 Å². The van der Waals surface area contributed by atoms with Gasteiger partial charge in [-0.15, -0.1) is 0 Å². The largest absolute Gasteiger partial charge is 0.504 e.